The van der Waals surface area contributed by atoms with Gasteiger partial charge >= 0.3 is 5.97 Å². The molecule has 0 spiro atoms. The first-order valence-electron chi connectivity index (χ1n) is 13.9. The number of aliphatic hydroxyl groups is 3. The number of thioether (sulfide) groups is 1. The zero-order valence-corrected chi connectivity index (χ0v) is 25.0. The van der Waals surface area contributed by atoms with Gasteiger partial charge in [0.15, 0.2) is 6.10 Å². The van der Waals surface area contributed by atoms with Crippen LogP contribution in [0.5, 0.6) is 17.2 Å². The van der Waals surface area contributed by atoms with Gasteiger partial charge in [-0.05, 0) is 81.3 Å². The fourth-order valence-electron chi connectivity index (χ4n) is 5.52. The summed E-state index contributed by atoms with van der Waals surface area (Å²) in [5.41, 5.74) is 3.38. The second kappa shape index (κ2) is 12.0. The van der Waals surface area contributed by atoms with Crippen molar-refractivity contribution >= 4 is 28.9 Å². The number of imide groups is 1. The summed E-state index contributed by atoms with van der Waals surface area (Å²) in [6.07, 6.45) is -6.82. The van der Waals surface area contributed by atoms with Crippen LogP contribution in [0.1, 0.15) is 41.2 Å². The lowest BCUT2D eigenvalue weighted by molar-refractivity contribution is -0.271. The Morgan fingerprint density at radius 3 is 2.37 bits per heavy atom. The average Bonchev–Trinajstić information content (AvgIpc) is 3.29. The van der Waals surface area contributed by atoms with Crippen molar-refractivity contribution in [3.8, 4) is 17.2 Å². The summed E-state index contributed by atoms with van der Waals surface area (Å²) < 4.78 is 23.9. The van der Waals surface area contributed by atoms with E-state index in [1.165, 1.54) is 0 Å². The molecule has 2 aromatic rings. The molecule has 2 saturated heterocycles. The standard InChI is InChI=1S/C30H35NO11S/c1-13-14(2)24-18(15(3)23(13)40-28-22(34)20(32)21(33)25(41-28)27(36)37)9-10-30(4,42-24)12-39-17-7-5-16(6-8-17)11-19-26(35)31-29(38)43-19/h5-8,19-22,25,28,32-34H,9-12H2,1-4H3,(H,36,37)(H,31,35,38)/t19?,20-,21-,22+,25-,28+,30?/m1/s1. The van der Waals surface area contributed by atoms with Crippen molar-refractivity contribution in [2.75, 3.05) is 6.61 Å². The largest absolute Gasteiger partial charge is 0.489 e. The van der Waals surface area contributed by atoms with Gasteiger partial charge < -0.3 is 39.4 Å². The Morgan fingerprint density at radius 1 is 1.05 bits per heavy atom. The van der Waals surface area contributed by atoms with E-state index in [4.69, 9.17) is 18.9 Å². The molecule has 5 rings (SSSR count). The highest BCUT2D eigenvalue weighted by Gasteiger charge is 2.48. The second-order valence-electron chi connectivity index (χ2n) is 11.4. The number of nitrogens with one attached hydrogen (secondary N) is 1. The van der Waals surface area contributed by atoms with E-state index < -0.39 is 47.5 Å². The van der Waals surface area contributed by atoms with Crippen LogP contribution in [-0.4, -0.2) is 85.7 Å². The molecule has 7 atom stereocenters. The summed E-state index contributed by atoms with van der Waals surface area (Å²) in [4.78, 5) is 34.8. The molecular weight excluding hydrogens is 582 g/mol. The van der Waals surface area contributed by atoms with E-state index in [2.05, 4.69) is 5.32 Å². The Labute approximate surface area is 252 Å². The summed E-state index contributed by atoms with van der Waals surface area (Å²) in [6.45, 7) is 7.76. The van der Waals surface area contributed by atoms with Gasteiger partial charge in [-0.15, -0.1) is 0 Å². The number of aliphatic hydroxyl groups excluding tert-OH is 3. The van der Waals surface area contributed by atoms with Gasteiger partial charge in [-0.3, -0.25) is 14.9 Å². The minimum Gasteiger partial charge on any atom is -0.489 e. The maximum atomic E-state index is 11.8. The Kier molecular flexibility index (Phi) is 8.65. The number of aliphatic carboxylic acids is 1. The zero-order valence-electron chi connectivity index (χ0n) is 24.2. The maximum Gasteiger partial charge on any atom is 0.335 e. The lowest BCUT2D eigenvalue weighted by Gasteiger charge is -2.40. The van der Waals surface area contributed by atoms with E-state index in [9.17, 15) is 34.8 Å². The van der Waals surface area contributed by atoms with Crippen LogP contribution < -0.4 is 19.5 Å². The molecule has 2 aromatic carbocycles. The predicted molar refractivity (Wildman–Crippen MR) is 154 cm³/mol. The van der Waals surface area contributed by atoms with Crippen molar-refractivity contribution in [2.45, 2.75) is 88.5 Å². The Hall–Kier alpha value is -3.36. The van der Waals surface area contributed by atoms with Crippen LogP contribution in [0.25, 0.3) is 0 Å². The molecule has 2 fully saturated rings. The number of ether oxygens (including phenoxy) is 4. The molecule has 0 aromatic heterocycles. The Bertz CT molecular complexity index is 1430. The van der Waals surface area contributed by atoms with Crippen molar-refractivity contribution in [3.63, 3.8) is 0 Å². The SMILES string of the molecule is Cc1c(C)c2c(c(C)c1O[C@H]1O[C@@H](C(=O)O)[C@H](O)[C@@H](O)[C@@H]1O)CCC(C)(COc1ccc(CC3SC(=O)NC3=O)cc1)O2. The molecule has 3 aliphatic heterocycles. The summed E-state index contributed by atoms with van der Waals surface area (Å²) in [5.74, 6) is -0.0363. The molecule has 3 heterocycles. The molecule has 2 unspecified atom stereocenters. The summed E-state index contributed by atoms with van der Waals surface area (Å²) >= 11 is 0.996. The Morgan fingerprint density at radius 2 is 1.74 bits per heavy atom. The predicted octanol–water partition coefficient (Wildman–Crippen LogP) is 1.94. The lowest BCUT2D eigenvalue weighted by atomic mass is 9.87. The first-order chi connectivity index (χ1) is 20.3. The third-order valence-corrected chi connectivity index (χ3v) is 9.25. The number of amides is 2. The van der Waals surface area contributed by atoms with Gasteiger partial charge in [0, 0.05) is 5.56 Å². The smallest absolute Gasteiger partial charge is 0.335 e. The van der Waals surface area contributed by atoms with Gasteiger partial charge in [-0.1, -0.05) is 23.9 Å². The summed E-state index contributed by atoms with van der Waals surface area (Å²) in [5, 5.41) is 41.6. The van der Waals surface area contributed by atoms with Crippen molar-refractivity contribution in [1.82, 2.24) is 5.32 Å². The van der Waals surface area contributed by atoms with Crippen LogP contribution in [0.2, 0.25) is 0 Å². The van der Waals surface area contributed by atoms with Gasteiger partial charge in [0.2, 0.25) is 12.2 Å². The van der Waals surface area contributed by atoms with E-state index in [0.29, 0.717) is 42.1 Å². The van der Waals surface area contributed by atoms with Gasteiger partial charge in [0.05, 0.1) is 5.25 Å². The van der Waals surface area contributed by atoms with Crippen molar-refractivity contribution < 1.29 is 53.8 Å². The van der Waals surface area contributed by atoms with Crippen LogP contribution >= 0.6 is 11.8 Å². The zero-order chi connectivity index (χ0) is 31.2. The molecule has 0 radical (unpaired) electrons. The average molecular weight is 618 g/mol. The van der Waals surface area contributed by atoms with Crippen LogP contribution in [0, 0.1) is 20.8 Å². The number of carboxylic acid groups (broad SMARTS) is 1. The van der Waals surface area contributed by atoms with Crippen LogP contribution in [-0.2, 0) is 27.2 Å². The molecule has 0 saturated carbocycles. The number of benzene rings is 2. The molecule has 5 N–H and O–H groups in total. The van der Waals surface area contributed by atoms with Gasteiger partial charge in [-0.2, -0.15) is 0 Å². The fraction of sp³-hybridized carbons (Fsp3) is 0.500. The topological polar surface area (TPSA) is 181 Å². The van der Waals surface area contributed by atoms with Crippen molar-refractivity contribution in [3.05, 3.63) is 52.1 Å². The number of carboxylic acids is 1. The van der Waals surface area contributed by atoms with Gasteiger partial charge in [-0.25, -0.2) is 4.79 Å². The molecule has 3 aliphatic rings. The maximum absolute atomic E-state index is 11.8. The summed E-state index contributed by atoms with van der Waals surface area (Å²) in [6, 6.07) is 7.39. The summed E-state index contributed by atoms with van der Waals surface area (Å²) in [7, 11) is 0. The monoisotopic (exact) mass is 617 g/mol. The number of rotatable bonds is 8. The third kappa shape index (κ3) is 6.18. The normalized spacial score (nSPS) is 30.3. The van der Waals surface area contributed by atoms with E-state index in [-0.39, 0.29) is 17.8 Å². The molecule has 43 heavy (non-hydrogen) atoms. The number of fused-ring (bicyclic) bond motifs is 1. The van der Waals surface area contributed by atoms with Crippen molar-refractivity contribution in [2.24, 2.45) is 0 Å². The van der Waals surface area contributed by atoms with E-state index in [1.54, 1.807) is 0 Å². The van der Waals surface area contributed by atoms with E-state index >= 15 is 0 Å². The highest BCUT2D eigenvalue weighted by atomic mass is 32.2. The molecule has 2 amide bonds. The Balaban J connectivity index is 1.27. The highest BCUT2D eigenvalue weighted by molar-refractivity contribution is 8.15. The number of hydrogen-bond acceptors (Lipinski definition) is 11. The first-order valence-corrected chi connectivity index (χ1v) is 14.8. The first kappa shape index (κ1) is 31.1. The van der Waals surface area contributed by atoms with Crippen LogP contribution in [0.3, 0.4) is 0 Å². The molecular formula is C30H35NO11S. The molecule has 13 heteroatoms. The van der Waals surface area contributed by atoms with Gasteiger partial charge in [0.25, 0.3) is 5.24 Å². The molecule has 12 nitrogen and oxygen atoms in total. The number of hydrogen-bond donors (Lipinski definition) is 5. The molecule has 232 valence electrons. The van der Waals surface area contributed by atoms with Crippen molar-refractivity contribution in [1.29, 1.82) is 0 Å². The third-order valence-electron chi connectivity index (χ3n) is 8.27. The molecule has 0 bridgehead atoms. The van der Waals surface area contributed by atoms with Gasteiger partial charge in [0.1, 0.15) is 47.8 Å². The van der Waals surface area contributed by atoms with Crippen LogP contribution in [0.15, 0.2) is 24.3 Å². The lowest BCUT2D eigenvalue weighted by Crippen LogP contribution is -2.61. The fourth-order valence-corrected chi connectivity index (χ4v) is 6.38. The highest BCUT2D eigenvalue weighted by Crippen LogP contribution is 2.44. The van der Waals surface area contributed by atoms with E-state index in [0.717, 1.165) is 34.0 Å². The number of carbonyl (C=O) groups is 3. The minimum atomic E-state index is -1.81. The van der Waals surface area contributed by atoms with E-state index in [1.807, 2.05) is 52.0 Å². The number of carbonyl (C=O) groups excluding carboxylic acids is 2. The van der Waals surface area contributed by atoms with Crippen LogP contribution in [0.4, 0.5) is 4.79 Å². The second-order valence-corrected chi connectivity index (χ2v) is 12.6. The minimum absolute atomic E-state index is 0.274. The molecule has 0 aliphatic carbocycles. The quantitative estimate of drug-likeness (QED) is 0.291.